The molecule has 0 saturated carbocycles. The summed E-state index contributed by atoms with van der Waals surface area (Å²) in [7, 11) is 1.14. The van der Waals surface area contributed by atoms with Crippen molar-refractivity contribution in [2.24, 2.45) is 0 Å². The highest BCUT2D eigenvalue weighted by Gasteiger charge is 2.42. The van der Waals surface area contributed by atoms with Gasteiger partial charge in [-0.15, -0.1) is 0 Å². The van der Waals surface area contributed by atoms with Crippen molar-refractivity contribution < 1.29 is 18.7 Å². The Morgan fingerprint density at radius 2 is 1.83 bits per heavy atom. The normalized spacial score (nSPS) is 24.2. The Hall–Kier alpha value is -1.69. The Morgan fingerprint density at radius 3 is 2.38 bits per heavy atom. The number of methoxy groups -OCH3 is 2. The van der Waals surface area contributed by atoms with E-state index < -0.39 is 14.1 Å². The minimum atomic E-state index is -1.91. The Balaban J connectivity index is 2.58. The van der Waals surface area contributed by atoms with Crippen LogP contribution in [0.15, 0.2) is 54.1 Å². The summed E-state index contributed by atoms with van der Waals surface area (Å²) in [5, 5.41) is 0. The van der Waals surface area contributed by atoms with Gasteiger partial charge in [0.25, 0.3) is 0 Å². The molecule has 4 nitrogen and oxygen atoms in total. The summed E-state index contributed by atoms with van der Waals surface area (Å²) in [5.41, 5.74) is 1.64. The summed E-state index contributed by atoms with van der Waals surface area (Å²) in [6, 6.07) is 9.97. The van der Waals surface area contributed by atoms with Gasteiger partial charge in [0, 0.05) is 12.7 Å². The van der Waals surface area contributed by atoms with Crippen molar-refractivity contribution >= 4 is 14.3 Å². The first-order valence-electron chi connectivity index (χ1n) is 8.08. The van der Waals surface area contributed by atoms with Gasteiger partial charge < -0.3 is 13.9 Å². The third-order valence-corrected chi connectivity index (χ3v) is 4.81. The lowest BCUT2D eigenvalue weighted by Crippen LogP contribution is -2.46. The van der Waals surface area contributed by atoms with E-state index in [9.17, 15) is 4.79 Å². The van der Waals surface area contributed by atoms with E-state index in [4.69, 9.17) is 13.9 Å². The second-order valence-corrected chi connectivity index (χ2v) is 11.2. The van der Waals surface area contributed by atoms with Crippen LogP contribution >= 0.6 is 0 Å². The van der Waals surface area contributed by atoms with Crippen LogP contribution in [0.5, 0.6) is 0 Å². The summed E-state index contributed by atoms with van der Waals surface area (Å²) in [6.45, 7) is 6.37. The van der Waals surface area contributed by atoms with Gasteiger partial charge in [-0.1, -0.05) is 42.5 Å². The molecule has 5 heteroatoms. The van der Waals surface area contributed by atoms with E-state index >= 15 is 0 Å². The summed E-state index contributed by atoms with van der Waals surface area (Å²) in [6.07, 6.45) is 6.28. The van der Waals surface area contributed by atoms with Gasteiger partial charge in [0.15, 0.2) is 14.1 Å². The Morgan fingerprint density at radius 1 is 1.17 bits per heavy atom. The molecule has 0 bridgehead atoms. The van der Waals surface area contributed by atoms with Gasteiger partial charge in [0.1, 0.15) is 0 Å². The second kappa shape index (κ2) is 7.47. The molecule has 0 spiro atoms. The lowest BCUT2D eigenvalue weighted by Gasteiger charge is -2.40. The maximum atomic E-state index is 12.1. The fourth-order valence-electron chi connectivity index (χ4n) is 2.92. The van der Waals surface area contributed by atoms with Crippen LogP contribution < -0.4 is 0 Å². The second-order valence-electron chi connectivity index (χ2n) is 6.82. The van der Waals surface area contributed by atoms with Crippen LogP contribution in [0.25, 0.3) is 0 Å². The lowest BCUT2D eigenvalue weighted by molar-refractivity contribution is -0.140. The summed E-state index contributed by atoms with van der Waals surface area (Å²) in [4.78, 5) is 12.1. The monoisotopic (exact) mass is 346 g/mol. The first-order valence-corrected chi connectivity index (χ1v) is 11.5. The molecule has 0 N–H and O–H groups in total. The van der Waals surface area contributed by atoms with E-state index in [2.05, 4.69) is 19.6 Å². The Bertz CT molecular complexity index is 631. The molecule has 130 valence electrons. The van der Waals surface area contributed by atoms with Crippen LogP contribution in [-0.4, -0.2) is 34.3 Å². The van der Waals surface area contributed by atoms with Crippen molar-refractivity contribution in [2.75, 3.05) is 14.2 Å². The highest BCUT2D eigenvalue weighted by molar-refractivity contribution is 6.69. The van der Waals surface area contributed by atoms with Gasteiger partial charge in [-0.25, -0.2) is 4.79 Å². The van der Waals surface area contributed by atoms with E-state index in [1.165, 1.54) is 7.11 Å². The van der Waals surface area contributed by atoms with Crippen LogP contribution in [0.3, 0.4) is 0 Å². The number of rotatable bonds is 5. The van der Waals surface area contributed by atoms with Crippen molar-refractivity contribution in [3.63, 3.8) is 0 Å². The number of carbonyl (C=O) groups excluding carboxylic acids is 1. The van der Waals surface area contributed by atoms with Crippen LogP contribution in [0, 0.1) is 0 Å². The first-order chi connectivity index (χ1) is 11.3. The van der Waals surface area contributed by atoms with Crippen molar-refractivity contribution in [2.45, 2.75) is 37.8 Å². The molecular weight excluding hydrogens is 320 g/mol. The van der Waals surface area contributed by atoms with Crippen LogP contribution in [-0.2, 0) is 18.7 Å². The molecule has 0 fully saturated rings. The standard InChI is InChI=1S/C19H26O4Si/c1-21-18(20)16-12-9-13-19(22-2,23-24(3,4)5)17(14-16)15-10-7-6-8-11-15/h6-11,13-14,17H,12H2,1-5H3. The molecule has 1 aliphatic rings. The maximum Gasteiger partial charge on any atom is 0.333 e. The number of hydrogen-bond acceptors (Lipinski definition) is 4. The van der Waals surface area contributed by atoms with E-state index in [1.807, 2.05) is 48.6 Å². The number of carbonyl (C=O) groups is 1. The third-order valence-electron chi connectivity index (χ3n) is 3.88. The highest BCUT2D eigenvalue weighted by atomic mass is 28.4. The zero-order valence-corrected chi connectivity index (χ0v) is 16.0. The molecule has 2 unspecified atom stereocenters. The topological polar surface area (TPSA) is 44.8 Å². The molecule has 2 rings (SSSR count). The average molecular weight is 346 g/mol. The van der Waals surface area contributed by atoms with Gasteiger partial charge in [0.2, 0.25) is 0 Å². The quantitative estimate of drug-likeness (QED) is 0.349. The zero-order chi connectivity index (χ0) is 17.8. The van der Waals surface area contributed by atoms with Gasteiger partial charge in [-0.05, 0) is 37.7 Å². The highest BCUT2D eigenvalue weighted by Crippen LogP contribution is 2.40. The van der Waals surface area contributed by atoms with Crippen LogP contribution in [0.1, 0.15) is 17.9 Å². The average Bonchev–Trinajstić information content (AvgIpc) is 2.73. The molecule has 0 aromatic heterocycles. The van der Waals surface area contributed by atoms with E-state index in [1.54, 1.807) is 7.11 Å². The number of ether oxygens (including phenoxy) is 2. The van der Waals surface area contributed by atoms with Crippen molar-refractivity contribution in [3.05, 3.63) is 59.7 Å². The van der Waals surface area contributed by atoms with Crippen LogP contribution in [0.2, 0.25) is 19.6 Å². The molecule has 1 aromatic rings. The fourth-order valence-corrected chi connectivity index (χ4v) is 4.16. The number of esters is 1. The molecule has 2 atom stereocenters. The van der Waals surface area contributed by atoms with Gasteiger partial charge in [0.05, 0.1) is 13.0 Å². The fraction of sp³-hybridized carbons (Fsp3) is 0.421. The van der Waals surface area contributed by atoms with Crippen molar-refractivity contribution in [3.8, 4) is 0 Å². The minimum absolute atomic E-state index is 0.233. The minimum Gasteiger partial charge on any atom is -0.466 e. The predicted molar refractivity (Wildman–Crippen MR) is 97.2 cm³/mol. The lowest BCUT2D eigenvalue weighted by atomic mass is 9.89. The first kappa shape index (κ1) is 18.6. The SMILES string of the molecule is COC(=O)C1=CC(c2ccccc2)C(OC)(O[Si](C)(C)C)C=CC1. The Labute approximate surface area is 145 Å². The zero-order valence-electron chi connectivity index (χ0n) is 15.0. The largest absolute Gasteiger partial charge is 0.466 e. The van der Waals surface area contributed by atoms with Gasteiger partial charge in [-0.2, -0.15) is 0 Å². The molecular formula is C19H26O4Si. The maximum absolute atomic E-state index is 12.1. The van der Waals surface area contributed by atoms with E-state index in [0.717, 1.165) is 5.56 Å². The smallest absolute Gasteiger partial charge is 0.333 e. The molecule has 0 aliphatic heterocycles. The number of hydrogen-bond donors (Lipinski definition) is 0. The summed E-state index contributed by atoms with van der Waals surface area (Å²) >= 11 is 0. The molecule has 0 radical (unpaired) electrons. The molecule has 0 amide bonds. The molecule has 1 aliphatic carbocycles. The molecule has 1 aromatic carbocycles. The van der Waals surface area contributed by atoms with Crippen LogP contribution in [0.4, 0.5) is 0 Å². The Kier molecular flexibility index (Phi) is 5.80. The van der Waals surface area contributed by atoms with Crippen molar-refractivity contribution in [1.29, 1.82) is 0 Å². The predicted octanol–water partition coefficient (Wildman–Crippen LogP) is 4.02. The van der Waals surface area contributed by atoms with Gasteiger partial charge >= 0.3 is 5.97 Å². The number of benzene rings is 1. The molecule has 24 heavy (non-hydrogen) atoms. The van der Waals surface area contributed by atoms with Crippen molar-refractivity contribution in [1.82, 2.24) is 0 Å². The molecule has 0 saturated heterocycles. The molecule has 0 heterocycles. The summed E-state index contributed by atoms with van der Waals surface area (Å²) in [5.74, 6) is -1.48. The number of allylic oxidation sites excluding steroid dienone is 1. The summed E-state index contributed by atoms with van der Waals surface area (Å²) < 4.78 is 17.3. The van der Waals surface area contributed by atoms with Gasteiger partial charge in [-0.3, -0.25) is 0 Å². The van der Waals surface area contributed by atoms with E-state index in [0.29, 0.717) is 12.0 Å². The van der Waals surface area contributed by atoms with E-state index in [-0.39, 0.29) is 11.9 Å². The third kappa shape index (κ3) is 4.23.